The second-order valence-corrected chi connectivity index (χ2v) is 8.10. The van der Waals surface area contributed by atoms with Crippen LogP contribution >= 0.6 is 11.3 Å². The van der Waals surface area contributed by atoms with Crippen LogP contribution in [-0.2, 0) is 12.6 Å². The van der Waals surface area contributed by atoms with Crippen molar-refractivity contribution in [1.29, 1.82) is 0 Å². The summed E-state index contributed by atoms with van der Waals surface area (Å²) in [6.45, 7) is 1.91. The maximum absolute atomic E-state index is 13.7. The second kappa shape index (κ2) is 6.66. The molecule has 5 nitrogen and oxygen atoms in total. The van der Waals surface area contributed by atoms with Crippen LogP contribution in [0.3, 0.4) is 0 Å². The molecule has 0 radical (unpaired) electrons. The van der Waals surface area contributed by atoms with Gasteiger partial charge in [0, 0.05) is 11.7 Å². The molecule has 0 saturated carbocycles. The van der Waals surface area contributed by atoms with E-state index in [1.54, 1.807) is 22.4 Å². The van der Waals surface area contributed by atoms with Gasteiger partial charge in [0.1, 0.15) is 5.56 Å². The number of hydrogen-bond acceptors (Lipinski definition) is 4. The van der Waals surface area contributed by atoms with Gasteiger partial charge in [0.2, 0.25) is 0 Å². The molecule has 152 valence electrons. The van der Waals surface area contributed by atoms with Crippen molar-refractivity contribution in [3.8, 4) is 10.6 Å². The Kier molecular flexibility index (Phi) is 4.18. The van der Waals surface area contributed by atoms with Gasteiger partial charge in [-0.15, -0.1) is 11.3 Å². The summed E-state index contributed by atoms with van der Waals surface area (Å²) in [6.07, 6.45) is -2.79. The number of nitrogens with zero attached hydrogens (tertiary/aromatic N) is 4. The zero-order valence-corrected chi connectivity index (χ0v) is 16.5. The molecule has 0 saturated heterocycles. The van der Waals surface area contributed by atoms with Crippen molar-refractivity contribution >= 4 is 28.6 Å². The van der Waals surface area contributed by atoms with Gasteiger partial charge in [0.25, 0.3) is 5.91 Å². The van der Waals surface area contributed by atoms with Crippen LogP contribution in [0.25, 0.3) is 16.2 Å². The molecule has 1 aliphatic heterocycles. The number of para-hydroxylation sites is 1. The average Bonchev–Trinajstić information content (AvgIpc) is 3.43. The van der Waals surface area contributed by atoms with Gasteiger partial charge in [-0.3, -0.25) is 4.79 Å². The highest BCUT2D eigenvalue weighted by Gasteiger charge is 2.38. The van der Waals surface area contributed by atoms with Crippen molar-refractivity contribution in [1.82, 2.24) is 14.6 Å². The first-order chi connectivity index (χ1) is 14.3. The van der Waals surface area contributed by atoms with Crippen molar-refractivity contribution in [3.63, 3.8) is 0 Å². The fourth-order valence-corrected chi connectivity index (χ4v) is 4.56. The number of alkyl halides is 3. The van der Waals surface area contributed by atoms with E-state index in [2.05, 4.69) is 10.1 Å². The first kappa shape index (κ1) is 18.8. The molecular weight excluding hydrogens is 413 g/mol. The van der Waals surface area contributed by atoms with Crippen LogP contribution in [0, 0.1) is 0 Å². The second-order valence-electron chi connectivity index (χ2n) is 7.15. The van der Waals surface area contributed by atoms with Gasteiger partial charge in [0.15, 0.2) is 11.3 Å². The Morgan fingerprint density at radius 1 is 1.20 bits per heavy atom. The van der Waals surface area contributed by atoms with Gasteiger partial charge in [-0.25, -0.2) is 9.50 Å². The SMILES string of the molecule is C[C@H]1Cc2ccccc2N1C(=O)c1cnn2c(C(F)(F)F)cc(-c3cccs3)nc12. The lowest BCUT2D eigenvalue weighted by atomic mass is 10.1. The molecule has 30 heavy (non-hydrogen) atoms. The van der Waals surface area contributed by atoms with E-state index in [1.807, 2.05) is 31.2 Å². The summed E-state index contributed by atoms with van der Waals surface area (Å²) >= 11 is 1.28. The molecule has 4 heterocycles. The largest absolute Gasteiger partial charge is 0.433 e. The van der Waals surface area contributed by atoms with Crippen LogP contribution in [-0.4, -0.2) is 26.5 Å². The Balaban J connectivity index is 1.69. The van der Waals surface area contributed by atoms with E-state index in [0.29, 0.717) is 15.8 Å². The number of halogens is 3. The number of rotatable bonds is 2. The summed E-state index contributed by atoms with van der Waals surface area (Å²) in [5.41, 5.74) is 0.925. The fourth-order valence-electron chi connectivity index (χ4n) is 3.87. The van der Waals surface area contributed by atoms with E-state index in [4.69, 9.17) is 0 Å². The van der Waals surface area contributed by atoms with Crippen LogP contribution in [0.15, 0.2) is 54.0 Å². The standard InChI is InChI=1S/C21H15F3N4OS/c1-12-9-13-5-2-3-6-16(13)27(12)20(29)14-11-25-28-18(21(22,23)24)10-15(26-19(14)28)17-7-4-8-30-17/h2-8,10-12H,9H2,1H3/t12-/m0/s1. The van der Waals surface area contributed by atoms with Crippen LogP contribution in [0.2, 0.25) is 0 Å². The zero-order chi connectivity index (χ0) is 21.0. The molecule has 0 spiro atoms. The number of hydrogen-bond donors (Lipinski definition) is 0. The van der Waals surface area contributed by atoms with Crippen molar-refractivity contribution in [3.05, 3.63) is 70.9 Å². The lowest BCUT2D eigenvalue weighted by Gasteiger charge is -2.22. The van der Waals surface area contributed by atoms with Crippen molar-refractivity contribution in [2.75, 3.05) is 4.90 Å². The molecule has 9 heteroatoms. The molecule has 1 amide bonds. The summed E-state index contributed by atoms with van der Waals surface area (Å²) in [6, 6.07) is 11.8. The molecular formula is C21H15F3N4OS. The number of carbonyl (C=O) groups is 1. The molecule has 0 bridgehead atoms. The first-order valence-corrected chi connectivity index (χ1v) is 10.1. The Labute approximate surface area is 173 Å². The Hall–Kier alpha value is -3.20. The van der Waals surface area contributed by atoms with Gasteiger partial charge in [-0.1, -0.05) is 24.3 Å². The maximum atomic E-state index is 13.7. The molecule has 1 atom stereocenters. The van der Waals surface area contributed by atoms with E-state index in [-0.39, 0.29) is 22.9 Å². The zero-order valence-electron chi connectivity index (χ0n) is 15.7. The van der Waals surface area contributed by atoms with Crippen molar-refractivity contribution < 1.29 is 18.0 Å². The monoisotopic (exact) mass is 428 g/mol. The lowest BCUT2D eigenvalue weighted by molar-refractivity contribution is -0.142. The van der Waals surface area contributed by atoms with E-state index >= 15 is 0 Å². The number of carbonyl (C=O) groups excluding carboxylic acids is 1. The number of fused-ring (bicyclic) bond motifs is 2. The van der Waals surface area contributed by atoms with Gasteiger partial charge in [0.05, 0.1) is 16.8 Å². The van der Waals surface area contributed by atoms with Gasteiger partial charge >= 0.3 is 6.18 Å². The smallest absolute Gasteiger partial charge is 0.305 e. The van der Waals surface area contributed by atoms with E-state index < -0.39 is 17.8 Å². The average molecular weight is 428 g/mol. The summed E-state index contributed by atoms with van der Waals surface area (Å²) in [5, 5.41) is 5.63. The predicted octanol–water partition coefficient (Wildman–Crippen LogP) is 5.07. The van der Waals surface area contributed by atoms with Crippen LogP contribution in [0.1, 0.15) is 28.5 Å². The topological polar surface area (TPSA) is 50.5 Å². The predicted molar refractivity (Wildman–Crippen MR) is 108 cm³/mol. The van der Waals surface area contributed by atoms with Crippen molar-refractivity contribution in [2.45, 2.75) is 25.6 Å². The van der Waals surface area contributed by atoms with Crippen molar-refractivity contribution in [2.24, 2.45) is 0 Å². The Bertz CT molecular complexity index is 1260. The lowest BCUT2D eigenvalue weighted by Crippen LogP contribution is -2.35. The summed E-state index contributed by atoms with van der Waals surface area (Å²) in [5.74, 6) is -0.411. The minimum Gasteiger partial charge on any atom is -0.305 e. The third kappa shape index (κ3) is 2.88. The normalized spacial score (nSPS) is 16.3. The number of aromatic nitrogens is 3. The highest BCUT2D eigenvalue weighted by molar-refractivity contribution is 7.13. The maximum Gasteiger partial charge on any atom is 0.433 e. The first-order valence-electron chi connectivity index (χ1n) is 9.26. The summed E-state index contributed by atoms with van der Waals surface area (Å²) in [7, 11) is 0. The molecule has 4 aromatic rings. The minimum atomic E-state index is -4.65. The third-order valence-electron chi connectivity index (χ3n) is 5.19. The molecule has 0 N–H and O–H groups in total. The number of amides is 1. The van der Waals surface area contributed by atoms with E-state index in [9.17, 15) is 18.0 Å². The van der Waals surface area contributed by atoms with Gasteiger partial charge in [-0.2, -0.15) is 18.3 Å². The third-order valence-corrected chi connectivity index (χ3v) is 6.08. The van der Waals surface area contributed by atoms with Gasteiger partial charge < -0.3 is 4.90 Å². The summed E-state index contributed by atoms with van der Waals surface area (Å²) in [4.78, 5) is 20.0. The molecule has 1 aromatic carbocycles. The number of thiophene rings is 1. The van der Waals surface area contributed by atoms with Crippen LogP contribution in [0.5, 0.6) is 0 Å². The molecule has 5 rings (SSSR count). The van der Waals surface area contributed by atoms with E-state index in [0.717, 1.165) is 17.3 Å². The molecule has 0 fully saturated rings. The Morgan fingerprint density at radius 3 is 2.73 bits per heavy atom. The van der Waals surface area contributed by atoms with E-state index in [1.165, 1.54) is 17.5 Å². The fraction of sp³-hybridized carbons (Fsp3) is 0.190. The quantitative estimate of drug-likeness (QED) is 0.448. The van der Waals surface area contributed by atoms with Gasteiger partial charge in [-0.05, 0) is 42.5 Å². The molecule has 0 unspecified atom stereocenters. The van der Waals surface area contributed by atoms with Crippen LogP contribution in [0.4, 0.5) is 18.9 Å². The number of anilines is 1. The molecule has 0 aliphatic carbocycles. The molecule has 1 aliphatic rings. The molecule has 3 aromatic heterocycles. The Morgan fingerprint density at radius 2 is 2.00 bits per heavy atom. The highest BCUT2D eigenvalue weighted by atomic mass is 32.1. The van der Waals surface area contributed by atoms with Crippen LogP contribution < -0.4 is 4.90 Å². The minimum absolute atomic E-state index is 0.0439. The number of benzene rings is 1. The summed E-state index contributed by atoms with van der Waals surface area (Å²) < 4.78 is 41.9. The highest BCUT2D eigenvalue weighted by Crippen LogP contribution is 2.36.